The molecule has 1 aliphatic heterocycles. The largest absolute Gasteiger partial charge is 0.358 e. The smallest absolute Gasteiger partial charge is 0.282 e. The van der Waals surface area contributed by atoms with Crippen LogP contribution in [0.25, 0.3) is 0 Å². The van der Waals surface area contributed by atoms with E-state index in [9.17, 15) is 15.0 Å². The number of hydrogen-bond donors (Lipinski definition) is 2. The number of likely N-dealkylation sites (tertiary alicyclic amines) is 1. The summed E-state index contributed by atoms with van der Waals surface area (Å²) in [6.07, 6.45) is 3.23. The van der Waals surface area contributed by atoms with Gasteiger partial charge in [-0.1, -0.05) is 6.07 Å². The first-order chi connectivity index (χ1) is 7.02. The van der Waals surface area contributed by atoms with Crippen molar-refractivity contribution in [3.63, 3.8) is 0 Å². The highest BCUT2D eigenvalue weighted by molar-refractivity contribution is 5.85. The van der Waals surface area contributed by atoms with E-state index < -0.39 is 11.7 Å². The molecule has 0 aliphatic carbocycles. The highest BCUT2D eigenvalue weighted by atomic mass is 16.5. The molecule has 1 aromatic rings. The minimum atomic E-state index is -2.24. The summed E-state index contributed by atoms with van der Waals surface area (Å²) >= 11 is 0. The molecule has 0 bridgehead atoms. The van der Waals surface area contributed by atoms with Gasteiger partial charge in [0.2, 0.25) is 5.79 Å². The fraction of sp³-hybridized carbons (Fsp3) is 0.400. The zero-order valence-corrected chi connectivity index (χ0v) is 8.29. The Morgan fingerprint density at radius 2 is 2.33 bits per heavy atom. The number of aliphatic hydroxyl groups is 2. The van der Waals surface area contributed by atoms with Crippen molar-refractivity contribution in [2.45, 2.75) is 18.2 Å². The Morgan fingerprint density at radius 1 is 1.60 bits per heavy atom. The summed E-state index contributed by atoms with van der Waals surface area (Å²) < 4.78 is 0. The third-order valence-corrected chi connectivity index (χ3v) is 2.68. The van der Waals surface area contributed by atoms with Crippen molar-refractivity contribution in [3.05, 3.63) is 30.1 Å². The monoisotopic (exact) mass is 208 g/mol. The van der Waals surface area contributed by atoms with E-state index in [0.29, 0.717) is 0 Å². The molecule has 0 spiro atoms. The quantitative estimate of drug-likeness (QED) is 0.619. The number of nitrogens with zero attached hydrogens (tertiary/aromatic N) is 2. The molecular weight excluding hydrogens is 196 g/mol. The summed E-state index contributed by atoms with van der Waals surface area (Å²) in [5.41, 5.74) is 0.804. The Morgan fingerprint density at radius 3 is 2.80 bits per heavy atom. The Labute approximate surface area is 87.0 Å². The number of aromatic nitrogens is 1. The SMILES string of the molecule is CN1C(=O)C(O)(O)CC1c1cccnc1. The maximum absolute atomic E-state index is 11.4. The molecule has 0 saturated carbocycles. The molecule has 2 heterocycles. The van der Waals surface area contributed by atoms with E-state index in [2.05, 4.69) is 4.98 Å². The Balaban J connectivity index is 2.31. The Bertz CT molecular complexity index is 378. The van der Waals surface area contributed by atoms with Crippen molar-refractivity contribution in [3.8, 4) is 0 Å². The predicted molar refractivity (Wildman–Crippen MR) is 51.5 cm³/mol. The van der Waals surface area contributed by atoms with E-state index in [0.717, 1.165) is 5.56 Å². The lowest BCUT2D eigenvalue weighted by Crippen LogP contribution is -2.38. The van der Waals surface area contributed by atoms with Gasteiger partial charge < -0.3 is 15.1 Å². The van der Waals surface area contributed by atoms with E-state index in [1.807, 2.05) is 6.07 Å². The van der Waals surface area contributed by atoms with Gasteiger partial charge in [-0.2, -0.15) is 0 Å². The van der Waals surface area contributed by atoms with Crippen LogP contribution in [0, 0.1) is 0 Å². The van der Waals surface area contributed by atoms with Gasteiger partial charge >= 0.3 is 0 Å². The molecule has 1 aliphatic rings. The van der Waals surface area contributed by atoms with Gasteiger partial charge in [0.1, 0.15) is 0 Å². The van der Waals surface area contributed by atoms with E-state index in [1.54, 1.807) is 25.5 Å². The third-order valence-electron chi connectivity index (χ3n) is 2.68. The summed E-state index contributed by atoms with van der Waals surface area (Å²) in [7, 11) is 1.55. The first-order valence-corrected chi connectivity index (χ1v) is 4.64. The molecule has 80 valence electrons. The molecule has 1 saturated heterocycles. The number of hydrogen-bond acceptors (Lipinski definition) is 4. The fourth-order valence-electron chi connectivity index (χ4n) is 1.83. The minimum Gasteiger partial charge on any atom is -0.358 e. The first kappa shape index (κ1) is 10.1. The van der Waals surface area contributed by atoms with Crippen molar-refractivity contribution in [2.24, 2.45) is 0 Å². The minimum absolute atomic E-state index is 0.0198. The highest BCUT2D eigenvalue weighted by Gasteiger charge is 2.48. The number of rotatable bonds is 1. The van der Waals surface area contributed by atoms with Crippen LogP contribution < -0.4 is 0 Å². The molecular formula is C10H12N2O3. The number of carbonyl (C=O) groups is 1. The second kappa shape index (κ2) is 3.29. The summed E-state index contributed by atoms with van der Waals surface area (Å²) in [5, 5.41) is 18.8. The van der Waals surface area contributed by atoms with Gasteiger partial charge in [-0.3, -0.25) is 9.78 Å². The number of pyridine rings is 1. The second-order valence-electron chi connectivity index (χ2n) is 3.74. The van der Waals surface area contributed by atoms with Gasteiger partial charge in [0.15, 0.2) is 0 Å². The van der Waals surface area contributed by atoms with Gasteiger partial charge in [0.05, 0.1) is 6.04 Å². The van der Waals surface area contributed by atoms with Crippen molar-refractivity contribution in [1.82, 2.24) is 9.88 Å². The van der Waals surface area contributed by atoms with Gasteiger partial charge in [-0.15, -0.1) is 0 Å². The zero-order chi connectivity index (χ0) is 11.1. The van der Waals surface area contributed by atoms with Gasteiger partial charge in [0, 0.05) is 25.9 Å². The Hall–Kier alpha value is -1.46. The zero-order valence-electron chi connectivity index (χ0n) is 8.29. The standard InChI is InChI=1S/C10H12N2O3/c1-12-8(5-10(14,15)9(12)13)7-3-2-4-11-6-7/h2-4,6,8,14-15H,5H2,1H3. The summed E-state index contributed by atoms with van der Waals surface area (Å²) in [6, 6.07) is 3.24. The second-order valence-corrected chi connectivity index (χ2v) is 3.74. The predicted octanol–water partition coefficient (Wildman–Crippen LogP) is -0.334. The van der Waals surface area contributed by atoms with Crippen LogP contribution in [0.2, 0.25) is 0 Å². The molecule has 5 heteroatoms. The molecule has 2 N–H and O–H groups in total. The topological polar surface area (TPSA) is 73.7 Å². The van der Waals surface area contributed by atoms with Gasteiger partial charge in [-0.25, -0.2) is 0 Å². The van der Waals surface area contributed by atoms with Crippen LogP contribution in [0.1, 0.15) is 18.0 Å². The van der Waals surface area contributed by atoms with Crippen LogP contribution in [0.3, 0.4) is 0 Å². The van der Waals surface area contributed by atoms with Crippen molar-refractivity contribution in [1.29, 1.82) is 0 Å². The lowest BCUT2D eigenvalue weighted by atomic mass is 10.1. The van der Waals surface area contributed by atoms with Gasteiger partial charge in [0.25, 0.3) is 5.91 Å². The van der Waals surface area contributed by atoms with Crippen LogP contribution in [-0.2, 0) is 4.79 Å². The molecule has 1 fully saturated rings. The summed E-state index contributed by atoms with van der Waals surface area (Å²) in [5.74, 6) is -2.91. The molecule has 1 amide bonds. The lowest BCUT2D eigenvalue weighted by Gasteiger charge is -2.18. The van der Waals surface area contributed by atoms with Crippen LogP contribution in [0.15, 0.2) is 24.5 Å². The van der Waals surface area contributed by atoms with E-state index >= 15 is 0 Å². The molecule has 1 aromatic heterocycles. The molecule has 2 rings (SSSR count). The van der Waals surface area contributed by atoms with Crippen molar-refractivity contribution in [2.75, 3.05) is 7.05 Å². The fourth-order valence-corrected chi connectivity index (χ4v) is 1.83. The van der Waals surface area contributed by atoms with Gasteiger partial charge in [-0.05, 0) is 11.6 Å². The summed E-state index contributed by atoms with van der Waals surface area (Å²) in [4.78, 5) is 16.7. The average Bonchev–Trinajstić information content (AvgIpc) is 2.44. The summed E-state index contributed by atoms with van der Waals surface area (Å²) in [6.45, 7) is 0. The number of likely N-dealkylation sites (N-methyl/N-ethyl adjacent to an activating group) is 1. The van der Waals surface area contributed by atoms with E-state index in [-0.39, 0.29) is 12.5 Å². The van der Waals surface area contributed by atoms with Crippen LogP contribution in [0.5, 0.6) is 0 Å². The molecule has 1 atom stereocenters. The average molecular weight is 208 g/mol. The van der Waals surface area contributed by atoms with Crippen molar-refractivity contribution < 1.29 is 15.0 Å². The van der Waals surface area contributed by atoms with Crippen LogP contribution >= 0.6 is 0 Å². The molecule has 0 aromatic carbocycles. The first-order valence-electron chi connectivity index (χ1n) is 4.64. The highest BCUT2D eigenvalue weighted by Crippen LogP contribution is 2.35. The molecule has 15 heavy (non-hydrogen) atoms. The molecule has 1 unspecified atom stereocenters. The normalized spacial score (nSPS) is 24.6. The third kappa shape index (κ3) is 1.60. The number of amides is 1. The molecule has 5 nitrogen and oxygen atoms in total. The van der Waals surface area contributed by atoms with Crippen molar-refractivity contribution >= 4 is 5.91 Å². The van der Waals surface area contributed by atoms with Crippen LogP contribution in [0.4, 0.5) is 0 Å². The maximum Gasteiger partial charge on any atom is 0.282 e. The van der Waals surface area contributed by atoms with Crippen LogP contribution in [-0.4, -0.2) is 38.8 Å². The maximum atomic E-state index is 11.4. The molecule has 0 radical (unpaired) electrons. The van der Waals surface area contributed by atoms with E-state index in [4.69, 9.17) is 0 Å². The Kier molecular flexibility index (Phi) is 2.21. The number of carbonyl (C=O) groups excluding carboxylic acids is 1. The lowest BCUT2D eigenvalue weighted by molar-refractivity contribution is -0.181. The van der Waals surface area contributed by atoms with E-state index in [1.165, 1.54) is 4.90 Å².